The molecule has 2 aliphatic rings. The third-order valence-electron chi connectivity index (χ3n) is 8.03. The molecule has 0 amide bonds. The first-order valence-electron chi connectivity index (χ1n) is 14.2. The summed E-state index contributed by atoms with van der Waals surface area (Å²) in [4.78, 5) is 4.61. The molecular weight excluding hydrogens is 520 g/mol. The number of ether oxygens (including phenoxy) is 2. The second-order valence-corrected chi connectivity index (χ2v) is 12.8. The number of aliphatic hydroxyl groups excluding tert-OH is 2. The van der Waals surface area contributed by atoms with Crippen LogP contribution in [0.25, 0.3) is 0 Å². The van der Waals surface area contributed by atoms with Gasteiger partial charge in [0.1, 0.15) is 4.90 Å². The van der Waals surface area contributed by atoms with Crippen LogP contribution in [0.5, 0.6) is 11.5 Å². The van der Waals surface area contributed by atoms with Crippen LogP contribution >= 0.6 is 0 Å². The Morgan fingerprint density at radius 1 is 0.897 bits per heavy atom. The Balaban J connectivity index is 0.000000344. The van der Waals surface area contributed by atoms with E-state index in [4.69, 9.17) is 15.2 Å². The Kier molecular flexibility index (Phi) is 13.9. The molecule has 0 aliphatic carbocycles. The number of aliphatic hydroxyl groups is 2. The second kappa shape index (κ2) is 16.1. The summed E-state index contributed by atoms with van der Waals surface area (Å²) in [6, 6.07) is 6.65. The zero-order valence-electron chi connectivity index (χ0n) is 24.7. The molecule has 1 aromatic rings. The highest BCUT2D eigenvalue weighted by Crippen LogP contribution is 2.33. The van der Waals surface area contributed by atoms with Crippen molar-refractivity contribution in [3.8, 4) is 11.5 Å². The summed E-state index contributed by atoms with van der Waals surface area (Å²) in [7, 11) is -0.988. The number of hydrogen-bond acceptors (Lipinski definition) is 9. The Hall–Kier alpha value is -1.47. The van der Waals surface area contributed by atoms with Crippen LogP contribution in [0.4, 0.5) is 0 Å². The first-order chi connectivity index (χ1) is 18.4. The summed E-state index contributed by atoms with van der Waals surface area (Å²) in [5.74, 6) is 0.488. The van der Waals surface area contributed by atoms with Crippen LogP contribution in [0.2, 0.25) is 0 Å². The molecule has 5 N–H and O–H groups in total. The van der Waals surface area contributed by atoms with E-state index in [9.17, 15) is 18.6 Å². The molecule has 2 heterocycles. The lowest BCUT2D eigenvalue weighted by molar-refractivity contribution is 0.0438. The predicted octanol–water partition coefficient (Wildman–Crippen LogP) is 2.17. The minimum atomic E-state index is -3.83. The standard InChI is InChI=1S/C18H30N2O5S.C10H22N2O/c1-13-7-5-8-14(2)20(13)12-15(21)11-19-26(22,23)17-10-6-9-16(24-3)18(17)25-4;1-8-4-3-5-9(2)12(8)7-10(13)6-11/h6,9-10,13-15,19,21H,5,7-8,11-12H2,1-4H3;8-10,13H,3-7,11H2,1-2H3/t13-,14+,15-;8-,9+,10-/m00/s1. The lowest BCUT2D eigenvalue weighted by atomic mass is 9.97. The fourth-order valence-electron chi connectivity index (χ4n) is 5.65. The highest BCUT2D eigenvalue weighted by molar-refractivity contribution is 7.89. The number of nitrogens with zero attached hydrogens (tertiary/aromatic N) is 2. The fourth-order valence-corrected chi connectivity index (χ4v) is 6.90. The van der Waals surface area contributed by atoms with Gasteiger partial charge in [0.25, 0.3) is 0 Å². The molecule has 0 unspecified atom stereocenters. The number of methoxy groups -OCH3 is 2. The molecule has 2 aliphatic heterocycles. The molecule has 226 valence electrons. The number of benzene rings is 1. The third-order valence-corrected chi connectivity index (χ3v) is 9.48. The normalized spacial score (nSPS) is 26.3. The Morgan fingerprint density at radius 2 is 1.38 bits per heavy atom. The largest absolute Gasteiger partial charge is 0.493 e. The van der Waals surface area contributed by atoms with Crippen molar-refractivity contribution in [1.82, 2.24) is 14.5 Å². The van der Waals surface area contributed by atoms with Gasteiger partial charge in [-0.1, -0.05) is 18.9 Å². The molecule has 0 bridgehead atoms. The van der Waals surface area contributed by atoms with Gasteiger partial charge in [0, 0.05) is 50.3 Å². The predicted molar refractivity (Wildman–Crippen MR) is 155 cm³/mol. The number of β-amino-alcohol motifs (C(OH)–C–C–N with tert-alkyl or cyclic N) is 2. The van der Waals surface area contributed by atoms with Crippen molar-refractivity contribution < 1.29 is 28.1 Å². The van der Waals surface area contributed by atoms with Crippen LogP contribution in [-0.2, 0) is 10.0 Å². The molecule has 0 radical (unpaired) electrons. The zero-order valence-corrected chi connectivity index (χ0v) is 25.5. The monoisotopic (exact) mass is 572 g/mol. The molecule has 0 saturated carbocycles. The van der Waals surface area contributed by atoms with Gasteiger partial charge in [0.15, 0.2) is 11.5 Å². The van der Waals surface area contributed by atoms with Crippen LogP contribution in [0.1, 0.15) is 66.2 Å². The number of rotatable bonds is 11. The van der Waals surface area contributed by atoms with Crippen LogP contribution in [0.3, 0.4) is 0 Å². The molecule has 39 heavy (non-hydrogen) atoms. The van der Waals surface area contributed by atoms with Gasteiger partial charge in [-0.3, -0.25) is 9.80 Å². The average Bonchev–Trinajstić information content (AvgIpc) is 2.91. The lowest BCUT2D eigenvalue weighted by Gasteiger charge is -2.40. The number of likely N-dealkylation sites (tertiary alicyclic amines) is 2. The van der Waals surface area contributed by atoms with Crippen LogP contribution in [0.15, 0.2) is 23.1 Å². The molecule has 2 saturated heterocycles. The van der Waals surface area contributed by atoms with Gasteiger partial charge in [-0.15, -0.1) is 0 Å². The van der Waals surface area contributed by atoms with Gasteiger partial charge in [-0.05, 0) is 65.5 Å². The van der Waals surface area contributed by atoms with Crippen LogP contribution < -0.4 is 19.9 Å². The first kappa shape index (κ1) is 33.7. The van der Waals surface area contributed by atoms with E-state index in [1.165, 1.54) is 46.0 Å². The molecule has 1 aromatic carbocycles. The van der Waals surface area contributed by atoms with Crippen molar-refractivity contribution in [1.29, 1.82) is 0 Å². The van der Waals surface area contributed by atoms with Gasteiger partial charge in [0.05, 0.1) is 26.4 Å². The van der Waals surface area contributed by atoms with Crippen molar-refractivity contribution in [3.05, 3.63) is 18.2 Å². The van der Waals surface area contributed by atoms with E-state index < -0.39 is 16.1 Å². The van der Waals surface area contributed by atoms with Crippen molar-refractivity contribution in [2.45, 2.75) is 107 Å². The van der Waals surface area contributed by atoms with Gasteiger partial charge >= 0.3 is 0 Å². The topological polar surface area (TPSA) is 138 Å². The summed E-state index contributed by atoms with van der Waals surface area (Å²) < 4.78 is 38.1. The van der Waals surface area contributed by atoms with E-state index in [0.717, 1.165) is 19.4 Å². The van der Waals surface area contributed by atoms with Crippen molar-refractivity contribution in [3.63, 3.8) is 0 Å². The lowest BCUT2D eigenvalue weighted by Crippen LogP contribution is -2.49. The summed E-state index contributed by atoms with van der Waals surface area (Å²) in [6.45, 7) is 10.3. The Labute approximate surface area is 235 Å². The van der Waals surface area contributed by atoms with Gasteiger partial charge < -0.3 is 25.4 Å². The maximum Gasteiger partial charge on any atom is 0.244 e. The van der Waals surface area contributed by atoms with Gasteiger partial charge in [-0.25, -0.2) is 13.1 Å². The van der Waals surface area contributed by atoms with Crippen molar-refractivity contribution >= 4 is 10.0 Å². The molecule has 3 rings (SSSR count). The SMILES string of the molecule is COc1cccc(S(=O)(=O)NC[C@H](O)CN2[C@H](C)CCC[C@@H]2C)c1OC.C[C@@H]1CCC[C@H](C)N1C[C@@H](O)CN. The fraction of sp³-hybridized carbons (Fsp3) is 0.786. The minimum Gasteiger partial charge on any atom is -0.493 e. The third kappa shape index (κ3) is 9.84. The van der Waals surface area contributed by atoms with E-state index in [2.05, 4.69) is 42.2 Å². The van der Waals surface area contributed by atoms with Crippen molar-refractivity contribution in [2.24, 2.45) is 5.73 Å². The van der Waals surface area contributed by atoms with E-state index in [1.54, 1.807) is 12.1 Å². The highest BCUT2D eigenvalue weighted by atomic mass is 32.2. The number of nitrogens with one attached hydrogen (secondary N) is 1. The van der Waals surface area contributed by atoms with Crippen LogP contribution in [-0.4, -0.2) is 105 Å². The quantitative estimate of drug-likeness (QED) is 0.314. The van der Waals surface area contributed by atoms with E-state index >= 15 is 0 Å². The van der Waals surface area contributed by atoms with E-state index in [1.807, 2.05) is 0 Å². The maximum absolute atomic E-state index is 12.6. The molecule has 11 heteroatoms. The number of sulfonamides is 1. The van der Waals surface area contributed by atoms with Gasteiger partial charge in [0.2, 0.25) is 10.0 Å². The number of nitrogens with two attached hydrogens (primary N) is 1. The summed E-state index contributed by atoms with van der Waals surface area (Å²) in [5, 5.41) is 19.8. The van der Waals surface area contributed by atoms with E-state index in [-0.39, 0.29) is 23.3 Å². The maximum atomic E-state index is 12.6. The summed E-state index contributed by atoms with van der Waals surface area (Å²) in [5.41, 5.74) is 5.40. The molecule has 0 aromatic heterocycles. The molecule has 0 spiro atoms. The average molecular weight is 573 g/mol. The van der Waals surface area contributed by atoms with E-state index in [0.29, 0.717) is 43.0 Å². The Morgan fingerprint density at radius 3 is 1.82 bits per heavy atom. The van der Waals surface area contributed by atoms with Gasteiger partial charge in [-0.2, -0.15) is 0 Å². The summed E-state index contributed by atoms with van der Waals surface area (Å²) in [6.07, 6.45) is 6.07. The van der Waals surface area contributed by atoms with Crippen LogP contribution in [0, 0.1) is 0 Å². The number of hydrogen-bond donors (Lipinski definition) is 4. The molecule has 2 fully saturated rings. The number of piperidine rings is 2. The smallest absolute Gasteiger partial charge is 0.244 e. The highest BCUT2D eigenvalue weighted by Gasteiger charge is 2.28. The second-order valence-electron chi connectivity index (χ2n) is 11.0. The van der Waals surface area contributed by atoms with Crippen molar-refractivity contribution in [2.75, 3.05) is 40.4 Å². The summed E-state index contributed by atoms with van der Waals surface area (Å²) >= 11 is 0. The zero-order chi connectivity index (χ0) is 29.2. The molecule has 10 nitrogen and oxygen atoms in total. The minimum absolute atomic E-state index is 0.00809. The Bertz CT molecular complexity index is 945. The molecule has 6 atom stereocenters. The first-order valence-corrected chi connectivity index (χ1v) is 15.7. The molecular formula is C28H52N4O6S. The number of para-hydroxylation sites is 1.